The molecule has 1 saturated carbocycles. The van der Waals surface area contributed by atoms with Crippen LogP contribution in [0.15, 0.2) is 42.6 Å². The first kappa shape index (κ1) is 22.6. The lowest BCUT2D eigenvalue weighted by Crippen LogP contribution is -2.27. The van der Waals surface area contributed by atoms with E-state index < -0.39 is 29.6 Å². The van der Waals surface area contributed by atoms with Gasteiger partial charge in [-0.2, -0.15) is 0 Å². The number of aliphatic hydroxyl groups is 1. The van der Waals surface area contributed by atoms with Crippen LogP contribution < -0.4 is 16.4 Å². The number of nitrogens with two attached hydrogens (primary N) is 1. The van der Waals surface area contributed by atoms with E-state index in [1.54, 1.807) is 0 Å². The number of rotatable bonds is 6. The molecular weight excluding hydrogens is 456 g/mol. The lowest BCUT2D eigenvalue weighted by atomic mass is 10.1. The number of aliphatic hydroxyl groups excluding tert-OH is 1. The monoisotopic (exact) mass is 473 g/mol. The van der Waals surface area contributed by atoms with E-state index in [4.69, 9.17) is 17.3 Å². The quantitative estimate of drug-likeness (QED) is 0.435. The highest BCUT2D eigenvalue weighted by Gasteiger charge is 2.26. The molecule has 1 heterocycles. The number of hydrogen-bond donors (Lipinski definition) is 4. The molecule has 1 aliphatic rings. The average molecular weight is 474 g/mol. The van der Waals surface area contributed by atoms with Crippen LogP contribution in [0.3, 0.4) is 0 Å². The Hall–Kier alpha value is -3.63. The third-order valence-corrected chi connectivity index (χ3v) is 5.20. The number of benzene rings is 2. The topological polar surface area (TPSA) is 130 Å². The number of halogens is 3. The minimum Gasteiger partial charge on any atom is -0.382 e. The van der Waals surface area contributed by atoms with Crippen LogP contribution in [0.4, 0.5) is 20.3 Å². The van der Waals surface area contributed by atoms with Crippen molar-refractivity contribution < 1.29 is 23.5 Å². The first-order chi connectivity index (χ1) is 15.7. The fraction of sp³-hybridized carbons (Fsp3) is 0.182. The Labute approximate surface area is 191 Å². The number of anilines is 2. The van der Waals surface area contributed by atoms with Crippen LogP contribution in [0.1, 0.15) is 35.0 Å². The zero-order valence-corrected chi connectivity index (χ0v) is 17.7. The van der Waals surface area contributed by atoms with E-state index in [-0.39, 0.29) is 33.8 Å². The second-order valence-electron chi connectivity index (χ2n) is 7.53. The summed E-state index contributed by atoms with van der Waals surface area (Å²) in [4.78, 5) is 33.0. The molecule has 0 spiro atoms. The molecule has 0 saturated heterocycles. The first-order valence-corrected chi connectivity index (χ1v) is 10.3. The maximum Gasteiger partial charge on any atom is 0.273 e. The Kier molecular flexibility index (Phi) is 6.21. The van der Waals surface area contributed by atoms with Gasteiger partial charge in [0.25, 0.3) is 11.8 Å². The Balaban J connectivity index is 1.52. The van der Waals surface area contributed by atoms with Gasteiger partial charge < -0.3 is 21.5 Å². The molecule has 1 aromatic heterocycles. The van der Waals surface area contributed by atoms with Gasteiger partial charge in [0.15, 0.2) is 17.6 Å². The number of carbonyl (C=O) groups is 2. The molecule has 8 nitrogen and oxygen atoms in total. The Morgan fingerprint density at radius 1 is 1.15 bits per heavy atom. The van der Waals surface area contributed by atoms with Crippen molar-refractivity contribution in [3.8, 4) is 11.3 Å². The van der Waals surface area contributed by atoms with Crippen LogP contribution in [-0.2, 0) is 4.79 Å². The molecule has 3 aromatic rings. The van der Waals surface area contributed by atoms with Crippen molar-refractivity contribution in [3.05, 3.63) is 70.5 Å². The van der Waals surface area contributed by atoms with E-state index >= 15 is 0 Å². The van der Waals surface area contributed by atoms with E-state index in [9.17, 15) is 23.5 Å². The summed E-state index contributed by atoms with van der Waals surface area (Å²) in [6.45, 7) is 0. The smallest absolute Gasteiger partial charge is 0.273 e. The molecule has 1 unspecified atom stereocenters. The molecule has 1 atom stereocenters. The number of nitrogens with zero attached hydrogens (tertiary/aromatic N) is 2. The number of nitrogens with one attached hydrogen (secondary N) is 2. The number of carbonyl (C=O) groups excluding carboxylic acids is 2. The van der Waals surface area contributed by atoms with E-state index in [0.717, 1.165) is 25.0 Å². The van der Waals surface area contributed by atoms with E-state index in [2.05, 4.69) is 20.6 Å². The van der Waals surface area contributed by atoms with Crippen LogP contribution >= 0.6 is 11.6 Å². The van der Waals surface area contributed by atoms with Crippen molar-refractivity contribution in [2.75, 3.05) is 11.1 Å². The molecule has 0 aliphatic heterocycles. The molecule has 2 aromatic carbocycles. The van der Waals surface area contributed by atoms with Gasteiger partial charge in [0.1, 0.15) is 11.6 Å². The molecular formula is C22H18ClF2N5O3. The largest absolute Gasteiger partial charge is 0.382 e. The summed E-state index contributed by atoms with van der Waals surface area (Å²) in [5.41, 5.74) is 6.48. The highest BCUT2D eigenvalue weighted by molar-refractivity contribution is 6.33. The van der Waals surface area contributed by atoms with Crippen molar-refractivity contribution in [1.29, 1.82) is 0 Å². The third kappa shape index (κ3) is 5.24. The maximum atomic E-state index is 13.4. The van der Waals surface area contributed by atoms with Crippen LogP contribution in [0.5, 0.6) is 0 Å². The minimum atomic E-state index is -1.80. The molecule has 0 bridgehead atoms. The van der Waals surface area contributed by atoms with Crippen molar-refractivity contribution in [1.82, 2.24) is 15.3 Å². The summed E-state index contributed by atoms with van der Waals surface area (Å²) in [6, 6.07) is 6.89. The Bertz CT molecular complexity index is 1230. The van der Waals surface area contributed by atoms with Gasteiger partial charge in [-0.25, -0.2) is 18.7 Å². The van der Waals surface area contributed by atoms with Crippen molar-refractivity contribution in [2.45, 2.75) is 25.0 Å². The highest BCUT2D eigenvalue weighted by Crippen LogP contribution is 2.30. The molecule has 1 fully saturated rings. The van der Waals surface area contributed by atoms with Gasteiger partial charge in [-0.1, -0.05) is 11.6 Å². The van der Waals surface area contributed by atoms with Gasteiger partial charge >= 0.3 is 0 Å². The molecule has 2 amide bonds. The van der Waals surface area contributed by atoms with Crippen molar-refractivity contribution in [3.63, 3.8) is 0 Å². The Morgan fingerprint density at radius 3 is 2.48 bits per heavy atom. The summed E-state index contributed by atoms with van der Waals surface area (Å²) in [7, 11) is 0. The summed E-state index contributed by atoms with van der Waals surface area (Å²) >= 11 is 6.34. The highest BCUT2D eigenvalue weighted by atomic mass is 35.5. The van der Waals surface area contributed by atoms with Crippen LogP contribution in [0.25, 0.3) is 11.3 Å². The van der Waals surface area contributed by atoms with Crippen LogP contribution in [0.2, 0.25) is 5.02 Å². The SMILES string of the molecule is Nc1ncc(-c2ccc(NC(=O)C(O)c3cc(F)cc(F)c3)cc2Cl)nc1C(=O)NC1CC1. The van der Waals surface area contributed by atoms with Gasteiger partial charge in [-0.05, 0) is 48.7 Å². The fourth-order valence-electron chi connectivity index (χ4n) is 3.07. The fourth-order valence-corrected chi connectivity index (χ4v) is 3.35. The number of nitrogen functional groups attached to an aromatic ring is 1. The van der Waals surface area contributed by atoms with Crippen LogP contribution in [-0.4, -0.2) is 32.9 Å². The summed E-state index contributed by atoms with van der Waals surface area (Å²) in [5.74, 6) is -3.18. The molecule has 0 radical (unpaired) electrons. The molecule has 5 N–H and O–H groups in total. The molecule has 4 rings (SSSR count). The van der Waals surface area contributed by atoms with E-state index in [1.165, 1.54) is 24.4 Å². The van der Waals surface area contributed by atoms with E-state index in [1.807, 2.05) is 0 Å². The zero-order valence-electron chi connectivity index (χ0n) is 17.0. The van der Waals surface area contributed by atoms with Gasteiger partial charge in [0.05, 0.1) is 16.9 Å². The lowest BCUT2D eigenvalue weighted by molar-refractivity contribution is -0.124. The van der Waals surface area contributed by atoms with Crippen molar-refractivity contribution in [2.24, 2.45) is 0 Å². The number of hydrogen-bond acceptors (Lipinski definition) is 6. The summed E-state index contributed by atoms with van der Waals surface area (Å²) in [5, 5.41) is 15.5. The van der Waals surface area contributed by atoms with Gasteiger partial charge in [-0.3, -0.25) is 9.59 Å². The normalized spacial score (nSPS) is 13.9. The molecule has 33 heavy (non-hydrogen) atoms. The average Bonchev–Trinajstić information content (AvgIpc) is 3.57. The molecule has 11 heteroatoms. The second kappa shape index (κ2) is 9.08. The lowest BCUT2D eigenvalue weighted by Gasteiger charge is -2.13. The van der Waals surface area contributed by atoms with Gasteiger partial charge in [-0.15, -0.1) is 0 Å². The predicted molar refractivity (Wildman–Crippen MR) is 117 cm³/mol. The Morgan fingerprint density at radius 2 is 1.85 bits per heavy atom. The van der Waals surface area contributed by atoms with Gasteiger partial charge in [0.2, 0.25) is 0 Å². The molecule has 170 valence electrons. The number of aromatic nitrogens is 2. The van der Waals surface area contributed by atoms with Gasteiger partial charge in [0, 0.05) is 23.4 Å². The zero-order chi connectivity index (χ0) is 23.7. The third-order valence-electron chi connectivity index (χ3n) is 4.89. The van der Waals surface area contributed by atoms with Crippen LogP contribution in [0, 0.1) is 11.6 Å². The molecule has 1 aliphatic carbocycles. The first-order valence-electron chi connectivity index (χ1n) is 9.89. The summed E-state index contributed by atoms with van der Waals surface area (Å²) in [6.07, 6.45) is 1.37. The van der Waals surface area contributed by atoms with E-state index in [0.29, 0.717) is 17.3 Å². The number of amides is 2. The minimum absolute atomic E-state index is 0.0142. The second-order valence-corrected chi connectivity index (χ2v) is 7.93. The standard InChI is InChI=1S/C22H18ClF2N5O3/c23-16-8-14(29-22(33)19(31)10-5-11(24)7-12(25)6-10)3-4-15(16)17-9-27-20(26)18(30-17)21(32)28-13-1-2-13/h3-9,13,19,31H,1-2H2,(H2,26,27)(H,28,32)(H,29,33). The van der Waals surface area contributed by atoms with Crippen molar-refractivity contribution >= 4 is 34.9 Å². The predicted octanol–water partition coefficient (Wildman–Crippen LogP) is 3.22. The maximum absolute atomic E-state index is 13.4. The summed E-state index contributed by atoms with van der Waals surface area (Å²) < 4.78 is 26.7.